The molecule has 1 amide bonds. The highest BCUT2D eigenvalue weighted by atomic mass is 35.5. The predicted molar refractivity (Wildman–Crippen MR) is 114 cm³/mol. The average Bonchev–Trinajstić information content (AvgIpc) is 2.94. The topological polar surface area (TPSA) is 75.9 Å². The van der Waals surface area contributed by atoms with Crippen LogP contribution in [0.4, 0.5) is 5.82 Å². The van der Waals surface area contributed by atoms with Gasteiger partial charge < -0.3 is 10.2 Å². The molecule has 4 rings (SSSR count). The monoisotopic (exact) mass is 412 g/mol. The summed E-state index contributed by atoms with van der Waals surface area (Å²) in [6.45, 7) is 5.93. The largest absolute Gasteiger partial charge is 0.306 e. The second kappa shape index (κ2) is 8.88. The van der Waals surface area contributed by atoms with Gasteiger partial charge in [0.05, 0.1) is 28.7 Å². The van der Waals surface area contributed by atoms with Gasteiger partial charge in [-0.15, -0.1) is 0 Å². The summed E-state index contributed by atoms with van der Waals surface area (Å²) in [5.41, 5.74) is 2.14. The van der Waals surface area contributed by atoms with E-state index in [1.54, 1.807) is 18.3 Å². The normalized spacial score (nSPS) is 15.4. The van der Waals surface area contributed by atoms with Gasteiger partial charge in [0.15, 0.2) is 5.65 Å². The highest BCUT2D eigenvalue weighted by molar-refractivity contribution is 6.34. The lowest BCUT2D eigenvalue weighted by molar-refractivity contribution is 0.102. The van der Waals surface area contributed by atoms with Crippen LogP contribution in [-0.2, 0) is 6.54 Å². The zero-order valence-corrected chi connectivity index (χ0v) is 17.3. The molecule has 1 aliphatic rings. The number of aromatic nitrogens is 4. The van der Waals surface area contributed by atoms with E-state index in [0.29, 0.717) is 16.4 Å². The average molecular weight is 413 g/mol. The molecule has 0 saturated carbocycles. The minimum absolute atomic E-state index is 0.299. The molecule has 1 aliphatic heterocycles. The van der Waals surface area contributed by atoms with Gasteiger partial charge in [-0.3, -0.25) is 4.79 Å². The number of hydrogen-bond donors (Lipinski definition) is 1. The zero-order chi connectivity index (χ0) is 20.2. The van der Waals surface area contributed by atoms with Crippen LogP contribution in [0.25, 0.3) is 11.0 Å². The first-order valence-corrected chi connectivity index (χ1v) is 10.5. The summed E-state index contributed by atoms with van der Waals surface area (Å²) < 4.78 is 1.89. The number of carbonyl (C=O) groups is 1. The van der Waals surface area contributed by atoms with Crippen molar-refractivity contribution in [3.63, 3.8) is 0 Å². The number of likely N-dealkylation sites (tertiary alicyclic amines) is 1. The van der Waals surface area contributed by atoms with Crippen molar-refractivity contribution in [2.75, 3.05) is 25.0 Å². The van der Waals surface area contributed by atoms with Crippen molar-refractivity contribution in [3.05, 3.63) is 46.9 Å². The molecule has 8 heteroatoms. The molecule has 152 valence electrons. The van der Waals surface area contributed by atoms with Crippen molar-refractivity contribution in [2.24, 2.45) is 0 Å². The molecular formula is C21H25ClN6O. The maximum absolute atomic E-state index is 12.7. The number of fused-ring (bicyclic) bond motifs is 1. The zero-order valence-electron chi connectivity index (χ0n) is 16.6. The number of halogens is 1. The highest BCUT2D eigenvalue weighted by Crippen LogP contribution is 2.22. The molecule has 0 bridgehead atoms. The molecule has 0 atom stereocenters. The van der Waals surface area contributed by atoms with E-state index in [-0.39, 0.29) is 5.91 Å². The Hall–Kier alpha value is -2.51. The Bertz CT molecular complexity index is 1010. The maximum atomic E-state index is 12.7. The number of anilines is 1. The molecule has 7 nitrogen and oxygen atoms in total. The van der Waals surface area contributed by atoms with Crippen LogP contribution in [-0.4, -0.2) is 50.2 Å². The lowest BCUT2D eigenvalue weighted by Gasteiger charge is -2.19. The summed E-state index contributed by atoms with van der Waals surface area (Å²) in [5, 5.41) is 8.47. The Morgan fingerprint density at radius 1 is 1.14 bits per heavy atom. The van der Waals surface area contributed by atoms with Crippen molar-refractivity contribution in [2.45, 2.75) is 39.2 Å². The standard InChI is InChI=1S/C21H25ClN6O/c1-15-6-7-16(18(22)12-15)21(29)26-19-17-13-25-28(20(17)24-14-23-19)11-10-27-8-4-2-3-5-9-27/h6-7,12-14H,2-5,8-11H2,1H3,(H,23,24,26,29). The van der Waals surface area contributed by atoms with Crippen molar-refractivity contribution < 1.29 is 4.79 Å². The van der Waals surface area contributed by atoms with Gasteiger partial charge >= 0.3 is 0 Å². The molecule has 29 heavy (non-hydrogen) atoms. The van der Waals surface area contributed by atoms with Crippen LogP contribution < -0.4 is 5.32 Å². The van der Waals surface area contributed by atoms with Gasteiger partial charge in [-0.1, -0.05) is 30.5 Å². The molecule has 3 aromatic rings. The summed E-state index contributed by atoms with van der Waals surface area (Å²) in [5.74, 6) is 0.144. The summed E-state index contributed by atoms with van der Waals surface area (Å²) >= 11 is 6.22. The second-order valence-corrected chi connectivity index (χ2v) is 7.93. The van der Waals surface area contributed by atoms with Crippen molar-refractivity contribution in [3.8, 4) is 0 Å². The highest BCUT2D eigenvalue weighted by Gasteiger charge is 2.16. The molecule has 1 fully saturated rings. The minimum atomic E-state index is -0.299. The Balaban J connectivity index is 1.50. The fraction of sp³-hybridized carbons (Fsp3) is 0.429. The summed E-state index contributed by atoms with van der Waals surface area (Å²) in [6.07, 6.45) is 8.34. The van der Waals surface area contributed by atoms with E-state index in [4.69, 9.17) is 11.6 Å². The third kappa shape index (κ3) is 4.57. The van der Waals surface area contributed by atoms with E-state index in [1.165, 1.54) is 32.0 Å². The number of rotatable bonds is 5. The van der Waals surface area contributed by atoms with E-state index in [9.17, 15) is 4.79 Å². The lowest BCUT2D eigenvalue weighted by Crippen LogP contribution is -2.28. The Morgan fingerprint density at radius 3 is 2.69 bits per heavy atom. The molecular weight excluding hydrogens is 388 g/mol. The van der Waals surface area contributed by atoms with Gasteiger partial charge in [0.1, 0.15) is 12.1 Å². The van der Waals surface area contributed by atoms with Crippen molar-refractivity contribution in [1.82, 2.24) is 24.6 Å². The van der Waals surface area contributed by atoms with Gasteiger partial charge in [-0.2, -0.15) is 5.10 Å². The predicted octanol–water partition coefficient (Wildman–Crippen LogP) is 3.92. The molecule has 0 unspecified atom stereocenters. The molecule has 0 radical (unpaired) electrons. The quantitative estimate of drug-likeness (QED) is 0.687. The maximum Gasteiger partial charge on any atom is 0.258 e. The second-order valence-electron chi connectivity index (χ2n) is 7.52. The van der Waals surface area contributed by atoms with E-state index in [0.717, 1.165) is 42.8 Å². The first kappa shape index (κ1) is 19.8. The van der Waals surface area contributed by atoms with Crippen LogP contribution in [0.1, 0.15) is 41.6 Å². The van der Waals surface area contributed by atoms with Gasteiger partial charge in [0.2, 0.25) is 0 Å². The van der Waals surface area contributed by atoms with E-state index < -0.39 is 0 Å². The smallest absolute Gasteiger partial charge is 0.258 e. The van der Waals surface area contributed by atoms with E-state index >= 15 is 0 Å². The fourth-order valence-corrected chi connectivity index (χ4v) is 4.05. The van der Waals surface area contributed by atoms with Crippen molar-refractivity contribution >= 4 is 34.4 Å². The SMILES string of the molecule is Cc1ccc(C(=O)Nc2ncnc3c2cnn3CCN2CCCCCC2)c(Cl)c1. The molecule has 0 spiro atoms. The first-order chi connectivity index (χ1) is 14.1. The third-order valence-corrected chi connectivity index (χ3v) is 5.67. The molecule has 3 heterocycles. The molecule has 0 aliphatic carbocycles. The number of nitrogens with zero attached hydrogens (tertiary/aromatic N) is 5. The molecule has 1 saturated heterocycles. The van der Waals surface area contributed by atoms with E-state index in [2.05, 4.69) is 25.3 Å². The number of nitrogens with one attached hydrogen (secondary N) is 1. The number of amides is 1. The van der Waals surface area contributed by atoms with Crippen LogP contribution in [0.3, 0.4) is 0 Å². The Labute approximate surface area is 175 Å². The van der Waals surface area contributed by atoms with Gasteiger partial charge in [0, 0.05) is 6.54 Å². The summed E-state index contributed by atoms with van der Waals surface area (Å²) in [6, 6.07) is 5.35. The Kier molecular flexibility index (Phi) is 6.06. The van der Waals surface area contributed by atoms with Crippen LogP contribution in [0.15, 0.2) is 30.7 Å². The summed E-state index contributed by atoms with van der Waals surface area (Å²) in [7, 11) is 0. The van der Waals surface area contributed by atoms with Gasteiger partial charge in [-0.25, -0.2) is 14.6 Å². The number of hydrogen-bond acceptors (Lipinski definition) is 5. The molecule has 2 aromatic heterocycles. The van der Waals surface area contributed by atoms with Gasteiger partial charge in [0.25, 0.3) is 5.91 Å². The lowest BCUT2D eigenvalue weighted by atomic mass is 10.1. The van der Waals surface area contributed by atoms with Crippen LogP contribution in [0.2, 0.25) is 5.02 Å². The first-order valence-electron chi connectivity index (χ1n) is 10.1. The van der Waals surface area contributed by atoms with E-state index in [1.807, 2.05) is 17.7 Å². The fourth-order valence-electron chi connectivity index (χ4n) is 3.73. The van der Waals surface area contributed by atoms with Gasteiger partial charge in [-0.05, 0) is 50.6 Å². The van der Waals surface area contributed by atoms with Crippen molar-refractivity contribution in [1.29, 1.82) is 0 Å². The van der Waals surface area contributed by atoms with Crippen LogP contribution in [0, 0.1) is 6.92 Å². The summed E-state index contributed by atoms with van der Waals surface area (Å²) in [4.78, 5) is 23.8. The number of carbonyl (C=O) groups excluding carboxylic acids is 1. The van der Waals surface area contributed by atoms with Crippen LogP contribution >= 0.6 is 11.6 Å². The number of benzene rings is 1. The Morgan fingerprint density at radius 2 is 1.93 bits per heavy atom. The molecule has 1 N–H and O–H groups in total. The number of aryl methyl sites for hydroxylation is 1. The van der Waals surface area contributed by atoms with Crippen LogP contribution in [0.5, 0.6) is 0 Å². The molecule has 1 aromatic carbocycles. The third-order valence-electron chi connectivity index (χ3n) is 5.36. The minimum Gasteiger partial charge on any atom is -0.306 e.